The van der Waals surface area contributed by atoms with Gasteiger partial charge in [-0.1, -0.05) is 49.4 Å². The lowest BCUT2D eigenvalue weighted by Crippen LogP contribution is -2.32. The summed E-state index contributed by atoms with van der Waals surface area (Å²) in [6.07, 6.45) is 0.836. The molecular formula is C22H23N5O. The molecule has 142 valence electrons. The van der Waals surface area contributed by atoms with E-state index in [1.165, 1.54) is 0 Å². The molecule has 1 atom stereocenters. The van der Waals surface area contributed by atoms with Crippen LogP contribution in [-0.2, 0) is 6.54 Å². The van der Waals surface area contributed by atoms with Crippen molar-refractivity contribution in [2.45, 2.75) is 32.9 Å². The molecule has 2 aromatic heterocycles. The van der Waals surface area contributed by atoms with Crippen LogP contribution in [0.25, 0.3) is 22.2 Å². The number of aromatic nitrogens is 3. The average molecular weight is 373 g/mol. The smallest absolute Gasteiger partial charge is 0.257 e. The van der Waals surface area contributed by atoms with Gasteiger partial charge in [-0.05, 0) is 31.0 Å². The fraction of sp³-hybridized carbons (Fsp3) is 0.227. The molecule has 0 fully saturated rings. The first-order chi connectivity index (χ1) is 13.6. The summed E-state index contributed by atoms with van der Waals surface area (Å²) in [5, 5.41) is 3.00. The van der Waals surface area contributed by atoms with Gasteiger partial charge in [-0.15, -0.1) is 0 Å². The molecule has 0 aliphatic heterocycles. The van der Waals surface area contributed by atoms with Crippen molar-refractivity contribution >= 4 is 33.9 Å². The lowest BCUT2D eigenvalue weighted by atomic mass is 10.2. The van der Waals surface area contributed by atoms with Gasteiger partial charge in [0.15, 0.2) is 5.65 Å². The van der Waals surface area contributed by atoms with Crippen LogP contribution in [-0.4, -0.2) is 26.5 Å². The number of anilines is 1. The molecule has 0 bridgehead atoms. The number of rotatable bonds is 5. The summed E-state index contributed by atoms with van der Waals surface area (Å²) in [7, 11) is 0. The number of para-hydroxylation sites is 2. The second-order valence-electron chi connectivity index (χ2n) is 7.00. The van der Waals surface area contributed by atoms with Crippen molar-refractivity contribution in [3.8, 4) is 0 Å². The normalized spacial score (nSPS) is 12.4. The molecule has 0 radical (unpaired) electrons. The van der Waals surface area contributed by atoms with E-state index < -0.39 is 0 Å². The third kappa shape index (κ3) is 3.17. The van der Waals surface area contributed by atoms with Crippen molar-refractivity contribution in [3.63, 3.8) is 0 Å². The molecule has 0 spiro atoms. The number of benzene rings is 2. The Balaban J connectivity index is 1.93. The summed E-state index contributed by atoms with van der Waals surface area (Å²) in [5.41, 5.74) is 10.6. The van der Waals surface area contributed by atoms with E-state index in [0.717, 1.165) is 23.0 Å². The molecular weight excluding hydrogens is 350 g/mol. The fourth-order valence-corrected chi connectivity index (χ4v) is 3.26. The molecule has 0 unspecified atom stereocenters. The SMILES string of the molecule is CC[C@@H](C)NC(=O)c1c(N)n(Cc2ccccc2)c2nc3ccccc3nc12. The summed E-state index contributed by atoms with van der Waals surface area (Å²) >= 11 is 0. The molecule has 1 amide bonds. The number of carbonyl (C=O) groups is 1. The third-order valence-electron chi connectivity index (χ3n) is 4.99. The first kappa shape index (κ1) is 18.0. The lowest BCUT2D eigenvalue weighted by Gasteiger charge is -2.11. The zero-order chi connectivity index (χ0) is 19.7. The van der Waals surface area contributed by atoms with Crippen LogP contribution in [0.3, 0.4) is 0 Å². The van der Waals surface area contributed by atoms with E-state index in [-0.39, 0.29) is 11.9 Å². The number of hydrogen-bond donors (Lipinski definition) is 2. The van der Waals surface area contributed by atoms with Gasteiger partial charge in [0.25, 0.3) is 5.91 Å². The average Bonchev–Trinajstić information content (AvgIpc) is 2.97. The quantitative estimate of drug-likeness (QED) is 0.558. The summed E-state index contributed by atoms with van der Waals surface area (Å²) < 4.78 is 1.87. The van der Waals surface area contributed by atoms with Crippen molar-refractivity contribution in [2.24, 2.45) is 0 Å². The molecule has 28 heavy (non-hydrogen) atoms. The van der Waals surface area contributed by atoms with E-state index in [2.05, 4.69) is 5.32 Å². The van der Waals surface area contributed by atoms with Crippen LogP contribution >= 0.6 is 0 Å². The van der Waals surface area contributed by atoms with Crippen molar-refractivity contribution in [3.05, 3.63) is 65.7 Å². The monoisotopic (exact) mass is 373 g/mol. The molecule has 4 aromatic rings. The van der Waals surface area contributed by atoms with E-state index in [4.69, 9.17) is 15.7 Å². The highest BCUT2D eigenvalue weighted by molar-refractivity contribution is 6.10. The molecule has 3 N–H and O–H groups in total. The van der Waals surface area contributed by atoms with Gasteiger partial charge in [-0.2, -0.15) is 0 Å². The first-order valence-electron chi connectivity index (χ1n) is 9.47. The molecule has 2 heterocycles. The predicted molar refractivity (Wildman–Crippen MR) is 112 cm³/mol. The van der Waals surface area contributed by atoms with Crippen LogP contribution < -0.4 is 11.1 Å². The maximum Gasteiger partial charge on any atom is 0.257 e. The minimum absolute atomic E-state index is 0.0489. The highest BCUT2D eigenvalue weighted by Gasteiger charge is 2.24. The number of fused-ring (bicyclic) bond motifs is 2. The van der Waals surface area contributed by atoms with Gasteiger partial charge in [0.1, 0.15) is 16.9 Å². The highest BCUT2D eigenvalue weighted by atomic mass is 16.1. The van der Waals surface area contributed by atoms with E-state index in [9.17, 15) is 4.79 Å². The number of amides is 1. The van der Waals surface area contributed by atoms with E-state index in [1.54, 1.807) is 0 Å². The minimum Gasteiger partial charge on any atom is -0.384 e. The Morgan fingerprint density at radius 3 is 2.39 bits per heavy atom. The number of nitrogens with two attached hydrogens (primary N) is 1. The molecule has 0 saturated heterocycles. The van der Waals surface area contributed by atoms with Gasteiger partial charge >= 0.3 is 0 Å². The fourth-order valence-electron chi connectivity index (χ4n) is 3.26. The summed E-state index contributed by atoms with van der Waals surface area (Å²) in [6.45, 7) is 4.52. The van der Waals surface area contributed by atoms with Crippen LogP contribution in [0.4, 0.5) is 5.82 Å². The van der Waals surface area contributed by atoms with Crippen molar-refractivity contribution in [1.29, 1.82) is 0 Å². The van der Waals surface area contributed by atoms with Crippen LogP contribution in [0.1, 0.15) is 36.2 Å². The minimum atomic E-state index is -0.215. The second-order valence-corrected chi connectivity index (χ2v) is 7.00. The molecule has 0 saturated carbocycles. The number of carbonyl (C=O) groups excluding carboxylic acids is 1. The maximum absolute atomic E-state index is 13.0. The predicted octanol–water partition coefficient (Wildman–Crippen LogP) is 3.74. The second kappa shape index (κ2) is 7.31. The van der Waals surface area contributed by atoms with Gasteiger partial charge in [0.2, 0.25) is 0 Å². The topological polar surface area (TPSA) is 85.8 Å². The largest absolute Gasteiger partial charge is 0.384 e. The Hall–Kier alpha value is -3.41. The van der Waals surface area contributed by atoms with Crippen molar-refractivity contribution < 1.29 is 4.79 Å². The third-order valence-corrected chi connectivity index (χ3v) is 4.99. The number of hydrogen-bond acceptors (Lipinski definition) is 4. The number of nitrogens with zero attached hydrogens (tertiary/aromatic N) is 3. The number of nitrogens with one attached hydrogen (secondary N) is 1. The Morgan fingerprint density at radius 1 is 1.07 bits per heavy atom. The molecule has 4 rings (SSSR count). The van der Waals surface area contributed by atoms with Crippen LogP contribution in [0, 0.1) is 0 Å². The maximum atomic E-state index is 13.0. The van der Waals surface area contributed by atoms with E-state index in [1.807, 2.05) is 73.0 Å². The van der Waals surface area contributed by atoms with Crippen LogP contribution in [0.5, 0.6) is 0 Å². The van der Waals surface area contributed by atoms with E-state index in [0.29, 0.717) is 29.1 Å². The molecule has 0 aliphatic rings. The van der Waals surface area contributed by atoms with Crippen LogP contribution in [0.2, 0.25) is 0 Å². The zero-order valence-electron chi connectivity index (χ0n) is 16.0. The van der Waals surface area contributed by atoms with Crippen LogP contribution in [0.15, 0.2) is 54.6 Å². The lowest BCUT2D eigenvalue weighted by molar-refractivity contribution is 0.0941. The Morgan fingerprint density at radius 2 is 1.71 bits per heavy atom. The van der Waals surface area contributed by atoms with Crippen molar-refractivity contribution in [1.82, 2.24) is 19.9 Å². The summed E-state index contributed by atoms with van der Waals surface area (Å²) in [4.78, 5) is 22.5. The molecule has 6 heteroatoms. The highest BCUT2D eigenvalue weighted by Crippen LogP contribution is 2.28. The standard InChI is InChI=1S/C22H23N5O/c1-3-14(2)24-22(28)18-19-21(26-17-12-8-7-11-16(17)25-19)27(20(18)23)13-15-9-5-4-6-10-15/h4-12,14H,3,13,23H2,1-2H3,(H,24,28)/t14-/m1/s1. The Labute approximate surface area is 163 Å². The molecule has 0 aliphatic carbocycles. The molecule has 2 aromatic carbocycles. The van der Waals surface area contributed by atoms with Gasteiger partial charge in [-0.25, -0.2) is 9.97 Å². The van der Waals surface area contributed by atoms with Gasteiger partial charge in [0.05, 0.1) is 17.6 Å². The first-order valence-corrected chi connectivity index (χ1v) is 9.47. The van der Waals surface area contributed by atoms with Gasteiger partial charge < -0.3 is 15.6 Å². The van der Waals surface area contributed by atoms with Gasteiger partial charge in [0, 0.05) is 6.04 Å². The van der Waals surface area contributed by atoms with Gasteiger partial charge in [-0.3, -0.25) is 4.79 Å². The number of nitrogen functional groups attached to an aromatic ring is 1. The Kier molecular flexibility index (Phi) is 4.69. The summed E-state index contributed by atoms with van der Waals surface area (Å²) in [5.74, 6) is 0.170. The molecule has 6 nitrogen and oxygen atoms in total. The van der Waals surface area contributed by atoms with Crippen molar-refractivity contribution in [2.75, 3.05) is 5.73 Å². The zero-order valence-corrected chi connectivity index (χ0v) is 16.0. The summed E-state index contributed by atoms with van der Waals surface area (Å²) in [6, 6.07) is 17.7. The van der Waals surface area contributed by atoms with E-state index >= 15 is 0 Å². The Bertz CT molecular complexity index is 1150.